The second kappa shape index (κ2) is 5.38. The summed E-state index contributed by atoms with van der Waals surface area (Å²) in [6.45, 7) is 10.4. The van der Waals surface area contributed by atoms with Crippen molar-refractivity contribution < 1.29 is 9.59 Å². The SMILES string of the molecule is CC(C)CC1NC(=O)C(C(C)C)N(C2(C)CCC2)C1=O. The van der Waals surface area contributed by atoms with Crippen molar-refractivity contribution in [1.82, 2.24) is 10.2 Å². The molecule has 0 bridgehead atoms. The molecule has 0 aromatic carbocycles. The molecule has 1 saturated heterocycles. The molecule has 4 nitrogen and oxygen atoms in total. The van der Waals surface area contributed by atoms with E-state index in [4.69, 9.17) is 0 Å². The highest BCUT2D eigenvalue weighted by molar-refractivity contribution is 5.97. The van der Waals surface area contributed by atoms with E-state index in [1.165, 1.54) is 0 Å². The molecule has 1 saturated carbocycles. The van der Waals surface area contributed by atoms with Crippen LogP contribution in [0.4, 0.5) is 0 Å². The molecule has 1 heterocycles. The van der Waals surface area contributed by atoms with Crippen molar-refractivity contribution >= 4 is 11.8 Å². The Morgan fingerprint density at radius 1 is 1.25 bits per heavy atom. The van der Waals surface area contributed by atoms with Crippen LogP contribution in [0.15, 0.2) is 0 Å². The highest BCUT2D eigenvalue weighted by Crippen LogP contribution is 2.41. The van der Waals surface area contributed by atoms with Gasteiger partial charge in [0.2, 0.25) is 11.8 Å². The van der Waals surface area contributed by atoms with E-state index in [9.17, 15) is 9.59 Å². The van der Waals surface area contributed by atoms with E-state index >= 15 is 0 Å². The molecule has 2 fully saturated rings. The van der Waals surface area contributed by atoms with Crippen LogP contribution in [0, 0.1) is 11.8 Å². The zero-order valence-corrected chi connectivity index (χ0v) is 13.4. The fourth-order valence-corrected chi connectivity index (χ4v) is 3.50. The maximum atomic E-state index is 12.9. The average molecular weight is 280 g/mol. The van der Waals surface area contributed by atoms with Gasteiger partial charge in [0.25, 0.3) is 0 Å². The van der Waals surface area contributed by atoms with Gasteiger partial charge in [-0.2, -0.15) is 0 Å². The molecule has 2 unspecified atom stereocenters. The summed E-state index contributed by atoms with van der Waals surface area (Å²) in [5.41, 5.74) is -0.112. The molecule has 1 aliphatic carbocycles. The number of amides is 2. The Morgan fingerprint density at radius 3 is 2.25 bits per heavy atom. The summed E-state index contributed by atoms with van der Waals surface area (Å²) in [4.78, 5) is 27.3. The van der Waals surface area contributed by atoms with Gasteiger partial charge in [0, 0.05) is 5.54 Å². The molecule has 0 radical (unpaired) electrons. The average Bonchev–Trinajstić information content (AvgIpc) is 2.28. The Morgan fingerprint density at radius 2 is 1.85 bits per heavy atom. The standard InChI is InChI=1S/C16H28N2O2/c1-10(2)9-12-15(20)18(16(5)7-6-8-16)13(11(3)4)14(19)17-12/h10-13H,6-9H2,1-5H3,(H,17,19). The summed E-state index contributed by atoms with van der Waals surface area (Å²) in [6, 6.07) is -0.647. The Hall–Kier alpha value is -1.06. The number of carbonyl (C=O) groups excluding carboxylic acids is 2. The Kier molecular flexibility index (Phi) is 4.12. The van der Waals surface area contributed by atoms with Crippen molar-refractivity contribution in [3.63, 3.8) is 0 Å². The molecule has 2 aliphatic rings. The van der Waals surface area contributed by atoms with Crippen LogP contribution in [0.1, 0.15) is 60.3 Å². The molecular weight excluding hydrogens is 252 g/mol. The summed E-state index contributed by atoms with van der Waals surface area (Å²) in [6.07, 6.45) is 3.91. The molecule has 4 heteroatoms. The summed E-state index contributed by atoms with van der Waals surface area (Å²) < 4.78 is 0. The molecule has 2 amide bonds. The minimum absolute atomic E-state index is 0.0263. The van der Waals surface area contributed by atoms with E-state index in [1.54, 1.807) is 0 Å². The normalized spacial score (nSPS) is 29.6. The van der Waals surface area contributed by atoms with Gasteiger partial charge in [0.15, 0.2) is 0 Å². The van der Waals surface area contributed by atoms with Crippen LogP contribution in [0.2, 0.25) is 0 Å². The quantitative estimate of drug-likeness (QED) is 0.859. The second-order valence-corrected chi connectivity index (χ2v) is 7.44. The zero-order valence-electron chi connectivity index (χ0n) is 13.4. The lowest BCUT2D eigenvalue weighted by molar-refractivity contribution is -0.163. The number of hydrogen-bond acceptors (Lipinski definition) is 2. The lowest BCUT2D eigenvalue weighted by atomic mass is 9.74. The molecule has 0 aromatic heterocycles. The third-order valence-corrected chi connectivity index (χ3v) is 4.75. The monoisotopic (exact) mass is 280 g/mol. The van der Waals surface area contributed by atoms with Crippen molar-refractivity contribution in [3.8, 4) is 0 Å². The lowest BCUT2D eigenvalue weighted by Crippen LogP contribution is -2.71. The van der Waals surface area contributed by atoms with E-state index in [2.05, 4.69) is 26.1 Å². The zero-order chi connectivity index (χ0) is 15.1. The largest absolute Gasteiger partial charge is 0.342 e. The van der Waals surface area contributed by atoms with Gasteiger partial charge in [-0.05, 0) is 44.4 Å². The number of piperazine rings is 1. The predicted octanol–water partition coefficient (Wildman–Crippen LogP) is 2.33. The number of carbonyl (C=O) groups is 2. The van der Waals surface area contributed by atoms with Gasteiger partial charge in [0.1, 0.15) is 12.1 Å². The summed E-state index contributed by atoms with van der Waals surface area (Å²) in [5.74, 6) is 0.699. The van der Waals surface area contributed by atoms with Crippen molar-refractivity contribution in [2.75, 3.05) is 0 Å². The molecule has 1 aliphatic heterocycles. The number of nitrogens with one attached hydrogen (secondary N) is 1. The molecular formula is C16H28N2O2. The van der Waals surface area contributed by atoms with Gasteiger partial charge in [-0.1, -0.05) is 27.7 Å². The van der Waals surface area contributed by atoms with Gasteiger partial charge in [0.05, 0.1) is 0 Å². The van der Waals surface area contributed by atoms with Gasteiger partial charge in [-0.25, -0.2) is 0 Å². The number of hydrogen-bond donors (Lipinski definition) is 1. The molecule has 0 aromatic rings. The van der Waals surface area contributed by atoms with Crippen molar-refractivity contribution in [2.45, 2.75) is 77.9 Å². The van der Waals surface area contributed by atoms with E-state index in [0.717, 1.165) is 25.7 Å². The van der Waals surface area contributed by atoms with E-state index in [-0.39, 0.29) is 35.4 Å². The first-order chi connectivity index (χ1) is 9.26. The summed E-state index contributed by atoms with van der Waals surface area (Å²) in [5, 5.41) is 2.95. The first-order valence-electron chi connectivity index (χ1n) is 7.90. The minimum atomic E-state index is -0.338. The van der Waals surface area contributed by atoms with Crippen LogP contribution in [-0.2, 0) is 9.59 Å². The van der Waals surface area contributed by atoms with Crippen LogP contribution >= 0.6 is 0 Å². The third-order valence-electron chi connectivity index (χ3n) is 4.75. The van der Waals surface area contributed by atoms with Crippen LogP contribution in [0.25, 0.3) is 0 Å². The fourth-order valence-electron chi connectivity index (χ4n) is 3.50. The first kappa shape index (κ1) is 15.3. The van der Waals surface area contributed by atoms with Gasteiger partial charge < -0.3 is 10.2 Å². The van der Waals surface area contributed by atoms with Crippen molar-refractivity contribution in [1.29, 1.82) is 0 Å². The van der Waals surface area contributed by atoms with Crippen LogP contribution in [0.3, 0.4) is 0 Å². The fraction of sp³-hybridized carbons (Fsp3) is 0.875. The van der Waals surface area contributed by atoms with Gasteiger partial charge in [-0.3, -0.25) is 9.59 Å². The predicted molar refractivity (Wildman–Crippen MR) is 79.1 cm³/mol. The Balaban J connectivity index is 2.29. The molecule has 2 atom stereocenters. The Bertz CT molecular complexity index is 399. The smallest absolute Gasteiger partial charge is 0.246 e. The van der Waals surface area contributed by atoms with E-state index < -0.39 is 0 Å². The molecule has 2 rings (SSSR count). The topological polar surface area (TPSA) is 49.4 Å². The Labute approximate surface area is 122 Å². The third kappa shape index (κ3) is 2.57. The van der Waals surface area contributed by atoms with Crippen molar-refractivity contribution in [3.05, 3.63) is 0 Å². The summed E-state index contributed by atoms with van der Waals surface area (Å²) in [7, 11) is 0. The van der Waals surface area contributed by atoms with Gasteiger partial charge >= 0.3 is 0 Å². The van der Waals surface area contributed by atoms with Crippen LogP contribution in [-0.4, -0.2) is 34.3 Å². The highest BCUT2D eigenvalue weighted by Gasteiger charge is 2.51. The maximum Gasteiger partial charge on any atom is 0.246 e. The molecule has 114 valence electrons. The molecule has 0 spiro atoms. The number of rotatable bonds is 4. The summed E-state index contributed by atoms with van der Waals surface area (Å²) >= 11 is 0. The molecule has 1 N–H and O–H groups in total. The first-order valence-corrected chi connectivity index (χ1v) is 7.90. The van der Waals surface area contributed by atoms with Crippen LogP contribution in [0.5, 0.6) is 0 Å². The molecule has 20 heavy (non-hydrogen) atoms. The lowest BCUT2D eigenvalue weighted by Gasteiger charge is -2.54. The number of nitrogens with zero attached hydrogens (tertiary/aromatic N) is 1. The van der Waals surface area contributed by atoms with E-state index in [0.29, 0.717) is 5.92 Å². The second-order valence-electron chi connectivity index (χ2n) is 7.44. The highest BCUT2D eigenvalue weighted by atomic mass is 16.2. The van der Waals surface area contributed by atoms with Gasteiger partial charge in [-0.15, -0.1) is 0 Å². The maximum absolute atomic E-state index is 12.9. The minimum Gasteiger partial charge on any atom is -0.342 e. The van der Waals surface area contributed by atoms with Crippen LogP contribution < -0.4 is 5.32 Å². The van der Waals surface area contributed by atoms with E-state index in [1.807, 2.05) is 18.7 Å². The van der Waals surface area contributed by atoms with Crippen molar-refractivity contribution in [2.24, 2.45) is 11.8 Å².